The van der Waals surface area contributed by atoms with Crippen LogP contribution in [-0.4, -0.2) is 32.2 Å². The number of esters is 1. The van der Waals surface area contributed by atoms with Gasteiger partial charge in [-0.25, -0.2) is 0 Å². The van der Waals surface area contributed by atoms with Gasteiger partial charge in [-0.15, -0.1) is 0 Å². The first-order valence-corrected chi connectivity index (χ1v) is 3.61. The van der Waals surface area contributed by atoms with E-state index < -0.39 is 12.0 Å². The topological polar surface area (TPSA) is 87.1 Å². The van der Waals surface area contributed by atoms with Gasteiger partial charge in [0.2, 0.25) is 0 Å². The molecule has 0 aromatic carbocycles. The SMILES string of the molecule is CCOC(=O)C(CN=[N+]=[N-])NC. The molecule has 1 unspecified atom stereocenters. The molecule has 0 spiro atoms. The highest BCUT2D eigenvalue weighted by molar-refractivity contribution is 5.76. The summed E-state index contributed by atoms with van der Waals surface area (Å²) in [4.78, 5) is 13.6. The van der Waals surface area contributed by atoms with Crippen LogP contribution < -0.4 is 5.32 Å². The molecular formula is C6H12N4O2. The number of carbonyl (C=O) groups excluding carboxylic acids is 1. The fraction of sp³-hybridized carbons (Fsp3) is 0.833. The second-order valence-corrected chi connectivity index (χ2v) is 2.01. The van der Waals surface area contributed by atoms with E-state index in [-0.39, 0.29) is 6.54 Å². The van der Waals surface area contributed by atoms with Crippen LogP contribution in [0.2, 0.25) is 0 Å². The molecule has 1 atom stereocenters. The van der Waals surface area contributed by atoms with Crippen LogP contribution in [0, 0.1) is 0 Å². The summed E-state index contributed by atoms with van der Waals surface area (Å²) < 4.78 is 4.71. The molecule has 0 amide bonds. The van der Waals surface area contributed by atoms with Crippen molar-refractivity contribution in [3.05, 3.63) is 10.4 Å². The third-order valence-corrected chi connectivity index (χ3v) is 1.25. The number of azide groups is 1. The molecule has 0 aliphatic rings. The lowest BCUT2D eigenvalue weighted by molar-refractivity contribution is -0.145. The minimum Gasteiger partial charge on any atom is -0.465 e. The zero-order chi connectivity index (χ0) is 9.40. The number of likely N-dealkylation sites (N-methyl/N-ethyl adjacent to an activating group) is 1. The lowest BCUT2D eigenvalue weighted by Gasteiger charge is -2.10. The van der Waals surface area contributed by atoms with Crippen molar-refractivity contribution in [3.8, 4) is 0 Å². The number of hydrogen-bond acceptors (Lipinski definition) is 4. The van der Waals surface area contributed by atoms with E-state index in [0.29, 0.717) is 6.61 Å². The van der Waals surface area contributed by atoms with Gasteiger partial charge < -0.3 is 10.1 Å². The van der Waals surface area contributed by atoms with E-state index in [9.17, 15) is 4.79 Å². The first-order chi connectivity index (χ1) is 5.76. The lowest BCUT2D eigenvalue weighted by Crippen LogP contribution is -2.37. The van der Waals surface area contributed by atoms with Crippen molar-refractivity contribution < 1.29 is 9.53 Å². The second kappa shape index (κ2) is 6.45. The van der Waals surface area contributed by atoms with Crippen LogP contribution in [0.3, 0.4) is 0 Å². The van der Waals surface area contributed by atoms with Crippen LogP contribution >= 0.6 is 0 Å². The summed E-state index contributed by atoms with van der Waals surface area (Å²) in [6.07, 6.45) is 0. The quantitative estimate of drug-likeness (QED) is 0.282. The van der Waals surface area contributed by atoms with Crippen LogP contribution in [0.15, 0.2) is 5.11 Å². The Hall–Kier alpha value is -1.26. The molecule has 0 saturated carbocycles. The van der Waals surface area contributed by atoms with Crippen molar-refractivity contribution in [1.82, 2.24) is 5.32 Å². The van der Waals surface area contributed by atoms with Crippen molar-refractivity contribution in [2.24, 2.45) is 5.11 Å². The van der Waals surface area contributed by atoms with E-state index in [1.54, 1.807) is 14.0 Å². The number of hydrogen-bond donors (Lipinski definition) is 1. The average molecular weight is 172 g/mol. The predicted octanol–water partition coefficient (Wildman–Crippen LogP) is 0.448. The van der Waals surface area contributed by atoms with Gasteiger partial charge in [0.1, 0.15) is 6.04 Å². The first-order valence-electron chi connectivity index (χ1n) is 3.61. The van der Waals surface area contributed by atoms with Gasteiger partial charge in [-0.1, -0.05) is 5.11 Å². The van der Waals surface area contributed by atoms with Crippen LogP contribution in [-0.2, 0) is 9.53 Å². The van der Waals surface area contributed by atoms with E-state index in [0.717, 1.165) is 0 Å². The Morgan fingerprint density at radius 3 is 2.92 bits per heavy atom. The highest BCUT2D eigenvalue weighted by atomic mass is 16.5. The molecule has 0 heterocycles. The third-order valence-electron chi connectivity index (χ3n) is 1.25. The number of carbonyl (C=O) groups is 1. The fourth-order valence-corrected chi connectivity index (χ4v) is 0.645. The predicted molar refractivity (Wildman–Crippen MR) is 43.5 cm³/mol. The molecule has 6 heteroatoms. The molecule has 0 aliphatic heterocycles. The monoisotopic (exact) mass is 172 g/mol. The van der Waals surface area contributed by atoms with Crippen molar-refractivity contribution in [1.29, 1.82) is 0 Å². The highest BCUT2D eigenvalue weighted by Crippen LogP contribution is 1.89. The maximum Gasteiger partial charge on any atom is 0.323 e. The van der Waals surface area contributed by atoms with E-state index >= 15 is 0 Å². The number of ether oxygens (including phenoxy) is 1. The van der Waals surface area contributed by atoms with Gasteiger partial charge in [0.25, 0.3) is 0 Å². The van der Waals surface area contributed by atoms with E-state index in [1.807, 2.05) is 0 Å². The Bertz CT molecular complexity index is 188. The molecule has 0 aliphatic carbocycles. The zero-order valence-electron chi connectivity index (χ0n) is 7.15. The summed E-state index contributed by atoms with van der Waals surface area (Å²) >= 11 is 0. The minimum absolute atomic E-state index is 0.0752. The molecule has 0 saturated heterocycles. The van der Waals surface area contributed by atoms with Crippen LogP contribution in [0.5, 0.6) is 0 Å². The van der Waals surface area contributed by atoms with Gasteiger partial charge in [0, 0.05) is 4.91 Å². The van der Waals surface area contributed by atoms with Crippen molar-refractivity contribution in [2.45, 2.75) is 13.0 Å². The van der Waals surface area contributed by atoms with Gasteiger partial charge in [0.05, 0.1) is 13.2 Å². The Morgan fingerprint density at radius 1 is 1.83 bits per heavy atom. The van der Waals surface area contributed by atoms with Gasteiger partial charge in [-0.05, 0) is 19.5 Å². The summed E-state index contributed by atoms with van der Waals surface area (Å²) in [5.41, 5.74) is 8.00. The fourth-order valence-electron chi connectivity index (χ4n) is 0.645. The van der Waals surface area contributed by atoms with Crippen LogP contribution in [0.4, 0.5) is 0 Å². The summed E-state index contributed by atoms with van der Waals surface area (Å²) in [7, 11) is 1.61. The molecule has 0 rings (SSSR count). The number of nitrogens with one attached hydrogen (secondary N) is 1. The maximum atomic E-state index is 11.0. The summed E-state index contributed by atoms with van der Waals surface area (Å²) in [5, 5.41) is 5.95. The minimum atomic E-state index is -0.541. The zero-order valence-corrected chi connectivity index (χ0v) is 7.15. The largest absolute Gasteiger partial charge is 0.465 e. The molecular weight excluding hydrogens is 160 g/mol. The van der Waals surface area contributed by atoms with E-state index in [4.69, 9.17) is 10.3 Å². The Labute approximate surface area is 70.5 Å². The second-order valence-electron chi connectivity index (χ2n) is 2.01. The first kappa shape index (κ1) is 10.7. The maximum absolute atomic E-state index is 11.0. The Balaban J connectivity index is 3.95. The molecule has 68 valence electrons. The molecule has 0 aromatic rings. The smallest absolute Gasteiger partial charge is 0.323 e. The molecule has 0 aromatic heterocycles. The van der Waals surface area contributed by atoms with Gasteiger partial charge in [0.15, 0.2) is 0 Å². The van der Waals surface area contributed by atoms with Gasteiger partial charge in [-0.2, -0.15) is 0 Å². The van der Waals surface area contributed by atoms with Crippen LogP contribution in [0.1, 0.15) is 6.92 Å². The van der Waals surface area contributed by atoms with Crippen molar-refractivity contribution in [2.75, 3.05) is 20.2 Å². The third kappa shape index (κ3) is 3.80. The van der Waals surface area contributed by atoms with E-state index in [1.165, 1.54) is 0 Å². The molecule has 0 radical (unpaired) electrons. The Kier molecular flexibility index (Phi) is 5.77. The summed E-state index contributed by atoms with van der Waals surface area (Å²) in [6.45, 7) is 2.12. The molecule has 0 fully saturated rings. The van der Waals surface area contributed by atoms with Gasteiger partial charge >= 0.3 is 5.97 Å². The van der Waals surface area contributed by atoms with Crippen LogP contribution in [0.25, 0.3) is 10.4 Å². The van der Waals surface area contributed by atoms with Gasteiger partial charge in [-0.3, -0.25) is 4.79 Å². The standard InChI is InChI=1S/C6H12N4O2/c1-3-12-6(11)5(8-2)4-9-10-7/h5,8H,3-4H2,1-2H3. The summed E-state index contributed by atoms with van der Waals surface area (Å²) in [6, 6.07) is -0.541. The number of nitrogens with zero attached hydrogens (tertiary/aromatic N) is 3. The molecule has 1 N–H and O–H groups in total. The Morgan fingerprint density at radius 2 is 2.50 bits per heavy atom. The number of rotatable bonds is 5. The molecule has 12 heavy (non-hydrogen) atoms. The van der Waals surface area contributed by atoms with E-state index in [2.05, 4.69) is 15.3 Å². The highest BCUT2D eigenvalue weighted by Gasteiger charge is 2.15. The van der Waals surface area contributed by atoms with Crippen molar-refractivity contribution in [3.63, 3.8) is 0 Å². The van der Waals surface area contributed by atoms with Crippen molar-refractivity contribution >= 4 is 5.97 Å². The normalized spacial score (nSPS) is 11.5. The molecule has 0 bridgehead atoms. The lowest BCUT2D eigenvalue weighted by atomic mass is 10.3. The average Bonchev–Trinajstić information content (AvgIpc) is 2.06. The summed E-state index contributed by atoms with van der Waals surface area (Å²) in [5.74, 6) is -0.396. The molecule has 6 nitrogen and oxygen atoms in total.